The van der Waals surface area contributed by atoms with E-state index in [1.165, 1.54) is 13.8 Å². The summed E-state index contributed by atoms with van der Waals surface area (Å²) in [5.41, 5.74) is 10.3. The van der Waals surface area contributed by atoms with Crippen molar-refractivity contribution in [1.82, 2.24) is 10.6 Å². The number of rotatable bonds is 24. The van der Waals surface area contributed by atoms with E-state index >= 15 is 0 Å². The Morgan fingerprint density at radius 1 is 0.548 bits per heavy atom. The molecule has 2 rings (SSSR count). The number of aliphatic hydroxyl groups excluding tert-OH is 9. The van der Waals surface area contributed by atoms with Crippen LogP contribution in [0.2, 0.25) is 0 Å². The fraction of sp³-hybridized carbons (Fsp3) is 0.500. The number of nitrogens with two attached hydrogens (primary N) is 2. The van der Waals surface area contributed by atoms with Crippen molar-refractivity contribution in [1.29, 1.82) is 0 Å². The lowest BCUT2D eigenvalue weighted by Gasteiger charge is -2.32. The van der Waals surface area contributed by atoms with Crippen molar-refractivity contribution >= 4 is 137 Å². The highest BCUT2D eigenvalue weighted by molar-refractivity contribution is 14.1. The number of hydrogen-bond acceptors (Lipinski definition) is 16. The third-order valence-corrected chi connectivity index (χ3v) is 13.1. The summed E-state index contributed by atoms with van der Waals surface area (Å²) in [6.07, 6.45) is -8.43. The van der Waals surface area contributed by atoms with E-state index in [1.54, 1.807) is 90.4 Å². The average molecular weight is 1330 g/mol. The Balaban J connectivity index is 2.94. The summed E-state index contributed by atoms with van der Waals surface area (Å²) in [6, 6.07) is 0. The molecule has 0 spiro atoms. The van der Waals surface area contributed by atoms with E-state index in [0.717, 1.165) is 9.80 Å². The van der Waals surface area contributed by atoms with E-state index in [-0.39, 0.29) is 59.0 Å². The van der Waals surface area contributed by atoms with Gasteiger partial charge in [0.05, 0.1) is 121 Å². The molecule has 0 saturated heterocycles. The van der Waals surface area contributed by atoms with Crippen LogP contribution in [0.15, 0.2) is 0 Å². The third-order valence-electron chi connectivity index (χ3n) is 8.84. The maximum Gasteiger partial charge on any atom is 0.253 e. The molecule has 22 nitrogen and oxygen atoms in total. The van der Waals surface area contributed by atoms with Crippen LogP contribution < -0.4 is 31.9 Å². The van der Waals surface area contributed by atoms with Crippen molar-refractivity contribution in [2.45, 2.75) is 50.8 Å². The number of aliphatic hydroxyl groups is 9. The van der Waals surface area contributed by atoms with Gasteiger partial charge in [0.2, 0.25) is 23.6 Å². The molecule has 0 fully saturated rings. The zero-order valence-electron chi connectivity index (χ0n) is 33.1. The van der Waals surface area contributed by atoms with Gasteiger partial charge in [0.25, 0.3) is 11.8 Å². The number of carbonyl (C=O) groups is 6. The topological polar surface area (TPSA) is 376 Å². The smallest absolute Gasteiger partial charge is 0.253 e. The summed E-state index contributed by atoms with van der Waals surface area (Å²) in [5, 5.41) is 93.7. The molecule has 0 aromatic heterocycles. The van der Waals surface area contributed by atoms with E-state index in [1.807, 2.05) is 0 Å². The lowest BCUT2D eigenvalue weighted by atomic mass is 9.98. The van der Waals surface area contributed by atoms with Gasteiger partial charge in [0.1, 0.15) is 12.5 Å². The van der Waals surface area contributed by atoms with Gasteiger partial charge < -0.3 is 82.6 Å². The minimum Gasteiger partial charge on any atom is -0.394 e. The Bertz CT molecular complexity index is 2000. The fourth-order valence-corrected chi connectivity index (χ4v) is 11.7. The molecule has 0 aliphatic carbocycles. The van der Waals surface area contributed by atoms with Crippen LogP contribution in [0.1, 0.15) is 59.0 Å². The van der Waals surface area contributed by atoms with Gasteiger partial charge in [0, 0.05) is 16.7 Å². The second kappa shape index (κ2) is 26.1. The van der Waals surface area contributed by atoms with E-state index in [4.69, 9.17) is 16.2 Å². The number of hydrogen-bond donors (Lipinski definition) is 13. The Hall–Kier alpha value is -2.22. The monoisotopic (exact) mass is 1330 g/mol. The van der Waals surface area contributed by atoms with Gasteiger partial charge >= 0.3 is 0 Å². The van der Waals surface area contributed by atoms with Crippen LogP contribution in [0.3, 0.4) is 0 Å². The molecule has 2 aromatic carbocycles. The van der Waals surface area contributed by atoms with E-state index in [0.29, 0.717) is 0 Å². The van der Waals surface area contributed by atoms with Gasteiger partial charge in [0.15, 0.2) is 0 Å². The normalized spacial score (nSPS) is 13.7. The number of benzene rings is 2. The molecule has 62 heavy (non-hydrogen) atoms. The van der Waals surface area contributed by atoms with Crippen molar-refractivity contribution < 1.29 is 79.5 Å². The molecule has 5 unspecified atom stereocenters. The molecule has 15 N–H and O–H groups in total. The summed E-state index contributed by atoms with van der Waals surface area (Å²) in [7, 11) is 0. The number of anilines is 2. The van der Waals surface area contributed by atoms with Crippen molar-refractivity contribution in [2.75, 3.05) is 75.6 Å². The number of ether oxygens (including phenoxy) is 1. The number of primary amides is 2. The van der Waals surface area contributed by atoms with Crippen molar-refractivity contribution in [2.24, 2.45) is 11.5 Å². The maximum absolute atomic E-state index is 14.6. The molecule has 0 aliphatic rings. The maximum atomic E-state index is 14.6. The predicted octanol–water partition coefficient (Wildman–Crippen LogP) is -3.07. The molecule has 2 aromatic rings. The summed E-state index contributed by atoms with van der Waals surface area (Å²) < 4.78 is 5.33. The fourth-order valence-electron chi connectivity index (χ4n) is 5.80. The lowest BCUT2D eigenvalue weighted by Crippen LogP contribution is -2.46. The summed E-state index contributed by atoms with van der Waals surface area (Å²) in [5.74, 6) is -6.01. The first-order valence-electron chi connectivity index (χ1n) is 18.2. The molecule has 346 valence electrons. The quantitative estimate of drug-likeness (QED) is 0.0366. The minimum atomic E-state index is -1.66. The molecule has 0 aliphatic heterocycles. The predicted molar refractivity (Wildman–Crippen MR) is 253 cm³/mol. The molecule has 0 radical (unpaired) electrons. The molecule has 26 heteroatoms. The van der Waals surface area contributed by atoms with E-state index in [9.17, 15) is 74.7 Å². The van der Waals surface area contributed by atoms with Crippen molar-refractivity contribution in [3.8, 4) is 0 Å². The van der Waals surface area contributed by atoms with E-state index in [2.05, 4.69) is 10.6 Å². The van der Waals surface area contributed by atoms with E-state index < -0.39 is 138 Å². The Morgan fingerprint density at radius 2 is 0.935 bits per heavy atom. The Kier molecular flexibility index (Phi) is 23.5. The first kappa shape index (κ1) is 55.9. The van der Waals surface area contributed by atoms with Crippen molar-refractivity contribution in [3.05, 3.63) is 47.7 Å². The summed E-state index contributed by atoms with van der Waals surface area (Å²) in [4.78, 5) is 83.8. The van der Waals surface area contributed by atoms with Crippen molar-refractivity contribution in [3.63, 3.8) is 0 Å². The van der Waals surface area contributed by atoms with Gasteiger partial charge in [-0.2, -0.15) is 0 Å². The summed E-state index contributed by atoms with van der Waals surface area (Å²) >= 11 is 6.80. The molecule has 0 saturated carbocycles. The zero-order valence-corrected chi connectivity index (χ0v) is 41.7. The van der Waals surface area contributed by atoms with Crippen LogP contribution in [-0.2, 0) is 14.3 Å². The second-order valence-corrected chi connectivity index (χ2v) is 17.9. The molecule has 0 bridgehead atoms. The molecular formula is C36H48I4N6O16. The van der Waals surface area contributed by atoms with Crippen LogP contribution in [0.4, 0.5) is 11.4 Å². The Morgan fingerprint density at radius 3 is 1.40 bits per heavy atom. The average Bonchev–Trinajstić information content (AvgIpc) is 3.20. The molecule has 5 atom stereocenters. The third kappa shape index (κ3) is 14.4. The number of carbonyl (C=O) groups excluding carboxylic acids is 6. The molecular weight excluding hydrogens is 1280 g/mol. The first-order valence-corrected chi connectivity index (χ1v) is 22.5. The standard InChI is InChI=1S/C36H48I4N6O16/c1-14-23(33(41)58)28(38)32(29(39)25(14)35(60)43-4-16(51)8-47)46(7-19(54)12-62-13-20(55)11-50)22(57)3-21(56)45(6-18(53)10-49)31-15(2)24(34(42)59)27(37)26(30(31)40)36(61)44-5-17(52)9-48/h16-20,47-55H,3-13H2,1-2H3,(H2,41,58)(H2,42,59)(H,43,60)(H,44,61). The lowest BCUT2D eigenvalue weighted by molar-refractivity contribution is -0.127. The highest BCUT2D eigenvalue weighted by Gasteiger charge is 2.36. The number of halogens is 4. The number of nitrogens with zero attached hydrogens (tertiary/aromatic N) is 2. The molecule has 6 amide bonds. The van der Waals surface area contributed by atoms with Crippen LogP contribution in [0.25, 0.3) is 0 Å². The highest BCUT2D eigenvalue weighted by atomic mass is 127. The van der Waals surface area contributed by atoms with Gasteiger partial charge in [-0.25, -0.2) is 0 Å². The number of amides is 6. The van der Waals surface area contributed by atoms with Crippen LogP contribution >= 0.6 is 90.4 Å². The van der Waals surface area contributed by atoms with Gasteiger partial charge in [-0.1, -0.05) is 0 Å². The summed E-state index contributed by atoms with van der Waals surface area (Å²) in [6.45, 7) is -3.43. The Labute approximate surface area is 409 Å². The van der Waals surface area contributed by atoms with Crippen LogP contribution in [0.5, 0.6) is 0 Å². The highest BCUT2D eigenvalue weighted by Crippen LogP contribution is 2.39. The second-order valence-electron chi connectivity index (χ2n) is 13.6. The molecule has 0 heterocycles. The van der Waals surface area contributed by atoms with Gasteiger partial charge in [-0.05, 0) is 115 Å². The van der Waals surface area contributed by atoms with Gasteiger partial charge in [-0.15, -0.1) is 0 Å². The number of nitrogens with one attached hydrogen (secondary N) is 2. The zero-order chi connectivity index (χ0) is 47.3. The van der Waals surface area contributed by atoms with Crippen LogP contribution in [0, 0.1) is 28.1 Å². The largest absolute Gasteiger partial charge is 0.394 e. The van der Waals surface area contributed by atoms with Crippen LogP contribution in [-0.4, -0.2) is 178 Å². The van der Waals surface area contributed by atoms with Gasteiger partial charge in [-0.3, -0.25) is 28.8 Å². The first-order chi connectivity index (χ1) is 29.0. The minimum absolute atomic E-state index is 0.00114. The SMILES string of the molecule is Cc1c(C(N)=O)c(I)c(N(CC(O)COCC(O)CO)C(=O)CC(=O)N(CC(O)CO)c2c(C)c(C(N)=O)c(I)c(C(=O)NCC(O)CO)c2I)c(I)c1C(=O)NCC(O)CO.